The number of rotatable bonds is 3. The number of anilines is 1. The highest BCUT2D eigenvalue weighted by atomic mass is 79.9. The molecule has 0 aliphatic carbocycles. The van der Waals surface area contributed by atoms with Crippen molar-refractivity contribution in [3.63, 3.8) is 0 Å². The van der Waals surface area contributed by atoms with E-state index in [4.69, 9.17) is 0 Å². The predicted molar refractivity (Wildman–Crippen MR) is 82.9 cm³/mol. The Morgan fingerprint density at radius 3 is 2.30 bits per heavy atom. The van der Waals surface area contributed by atoms with Crippen LogP contribution < -0.4 is 5.32 Å². The topological polar surface area (TPSA) is 72.2 Å². The maximum atomic E-state index is 12.0. The molecule has 102 valence electrons. The van der Waals surface area contributed by atoms with Gasteiger partial charge in [-0.3, -0.25) is 14.9 Å². The number of nitro benzene ring substituents is 1. The largest absolute Gasteiger partial charge is 0.322 e. The average molecular weight is 400 g/mol. The first-order chi connectivity index (χ1) is 9.47. The molecule has 2 aromatic rings. The Kier molecular flexibility index (Phi) is 4.51. The molecule has 20 heavy (non-hydrogen) atoms. The van der Waals surface area contributed by atoms with Crippen molar-refractivity contribution in [3.8, 4) is 0 Å². The van der Waals surface area contributed by atoms with E-state index >= 15 is 0 Å². The SMILES string of the molecule is O=C(Nc1ccc([N+](=O)[O-])c(Br)c1)c1ccc(Br)cc1. The molecule has 0 atom stereocenters. The molecule has 0 aliphatic heterocycles. The van der Waals surface area contributed by atoms with Gasteiger partial charge >= 0.3 is 0 Å². The number of nitrogens with zero attached hydrogens (tertiary/aromatic N) is 1. The van der Waals surface area contributed by atoms with Gasteiger partial charge in [-0.25, -0.2) is 0 Å². The van der Waals surface area contributed by atoms with Gasteiger partial charge in [-0.2, -0.15) is 0 Å². The molecule has 0 unspecified atom stereocenters. The van der Waals surface area contributed by atoms with Gasteiger partial charge in [0.25, 0.3) is 11.6 Å². The van der Waals surface area contributed by atoms with Crippen LogP contribution >= 0.6 is 31.9 Å². The van der Waals surface area contributed by atoms with Crippen molar-refractivity contribution in [2.45, 2.75) is 0 Å². The molecular formula is C13H8Br2N2O3. The van der Waals surface area contributed by atoms with Crippen LogP contribution in [-0.4, -0.2) is 10.8 Å². The Morgan fingerprint density at radius 2 is 1.75 bits per heavy atom. The molecule has 5 nitrogen and oxygen atoms in total. The Morgan fingerprint density at radius 1 is 1.10 bits per heavy atom. The summed E-state index contributed by atoms with van der Waals surface area (Å²) in [5.74, 6) is -0.279. The van der Waals surface area contributed by atoms with E-state index in [0.717, 1.165) is 4.47 Å². The smallest absolute Gasteiger partial charge is 0.283 e. The molecule has 1 N–H and O–H groups in total. The van der Waals surface area contributed by atoms with E-state index < -0.39 is 4.92 Å². The van der Waals surface area contributed by atoms with Crippen molar-refractivity contribution in [3.05, 3.63) is 67.1 Å². The number of halogens is 2. The van der Waals surface area contributed by atoms with Crippen molar-refractivity contribution in [1.29, 1.82) is 0 Å². The van der Waals surface area contributed by atoms with E-state index in [-0.39, 0.29) is 11.6 Å². The number of nitrogens with one attached hydrogen (secondary N) is 1. The minimum atomic E-state index is -0.496. The van der Waals surface area contributed by atoms with Crippen molar-refractivity contribution in [1.82, 2.24) is 0 Å². The molecule has 0 aromatic heterocycles. The molecule has 0 heterocycles. The quantitative estimate of drug-likeness (QED) is 0.615. The second-order valence-corrected chi connectivity index (χ2v) is 5.65. The van der Waals surface area contributed by atoms with E-state index in [1.165, 1.54) is 18.2 Å². The predicted octanol–water partition coefficient (Wildman–Crippen LogP) is 4.37. The lowest BCUT2D eigenvalue weighted by Crippen LogP contribution is -2.11. The van der Waals surface area contributed by atoms with Gasteiger partial charge in [0.05, 0.1) is 9.40 Å². The maximum Gasteiger partial charge on any atom is 0.283 e. The van der Waals surface area contributed by atoms with Gasteiger partial charge in [0, 0.05) is 21.8 Å². The average Bonchev–Trinajstić information content (AvgIpc) is 2.39. The number of carbonyl (C=O) groups excluding carboxylic acids is 1. The van der Waals surface area contributed by atoms with Crippen LogP contribution in [-0.2, 0) is 0 Å². The Hall–Kier alpha value is -1.73. The second-order valence-electron chi connectivity index (χ2n) is 3.88. The zero-order valence-electron chi connectivity index (χ0n) is 9.97. The first-order valence-electron chi connectivity index (χ1n) is 5.48. The molecule has 2 rings (SSSR count). The van der Waals surface area contributed by atoms with E-state index in [1.807, 2.05) is 0 Å². The Bertz CT molecular complexity index is 672. The first-order valence-corrected chi connectivity index (χ1v) is 7.07. The number of nitro groups is 1. The first kappa shape index (κ1) is 14.7. The summed E-state index contributed by atoms with van der Waals surface area (Å²) in [5, 5.41) is 13.4. The monoisotopic (exact) mass is 398 g/mol. The normalized spacial score (nSPS) is 10.1. The molecule has 0 aliphatic rings. The van der Waals surface area contributed by atoms with E-state index in [0.29, 0.717) is 15.7 Å². The van der Waals surface area contributed by atoms with Gasteiger partial charge in [0.2, 0.25) is 0 Å². The van der Waals surface area contributed by atoms with Crippen LogP contribution in [0.15, 0.2) is 51.4 Å². The number of benzene rings is 2. The molecule has 0 fully saturated rings. The van der Waals surface area contributed by atoms with Crippen molar-refractivity contribution in [2.75, 3.05) is 5.32 Å². The number of amides is 1. The van der Waals surface area contributed by atoms with Crippen LogP contribution in [0.2, 0.25) is 0 Å². The van der Waals surface area contributed by atoms with Crippen molar-refractivity contribution < 1.29 is 9.72 Å². The van der Waals surface area contributed by atoms with Gasteiger partial charge in [-0.1, -0.05) is 15.9 Å². The second kappa shape index (κ2) is 6.15. The lowest BCUT2D eigenvalue weighted by atomic mass is 10.2. The summed E-state index contributed by atoms with van der Waals surface area (Å²) in [6.45, 7) is 0. The van der Waals surface area contributed by atoms with Crippen molar-refractivity contribution in [2.24, 2.45) is 0 Å². The summed E-state index contributed by atoms with van der Waals surface area (Å²) in [4.78, 5) is 22.2. The summed E-state index contributed by atoms with van der Waals surface area (Å²) in [7, 11) is 0. The van der Waals surface area contributed by atoms with Crippen LogP contribution in [0.4, 0.5) is 11.4 Å². The summed E-state index contributed by atoms with van der Waals surface area (Å²) in [5.41, 5.74) is 0.935. The molecule has 0 bridgehead atoms. The van der Waals surface area contributed by atoms with Crippen LogP contribution in [0.5, 0.6) is 0 Å². The summed E-state index contributed by atoms with van der Waals surface area (Å²) < 4.78 is 1.20. The molecule has 2 aromatic carbocycles. The number of hydrogen-bond donors (Lipinski definition) is 1. The third kappa shape index (κ3) is 3.43. The Balaban J connectivity index is 2.18. The lowest BCUT2D eigenvalue weighted by Gasteiger charge is -2.06. The highest BCUT2D eigenvalue weighted by Gasteiger charge is 2.13. The lowest BCUT2D eigenvalue weighted by molar-refractivity contribution is -0.385. The van der Waals surface area contributed by atoms with Crippen LogP contribution in [0.25, 0.3) is 0 Å². The molecule has 1 amide bonds. The van der Waals surface area contributed by atoms with Gasteiger partial charge in [-0.05, 0) is 52.3 Å². The Labute approximate surface area is 131 Å². The summed E-state index contributed by atoms with van der Waals surface area (Å²) in [6, 6.07) is 11.2. The van der Waals surface area contributed by atoms with Gasteiger partial charge < -0.3 is 5.32 Å². The fourth-order valence-corrected chi connectivity index (χ4v) is 2.33. The maximum absolute atomic E-state index is 12.0. The highest BCUT2D eigenvalue weighted by Crippen LogP contribution is 2.27. The van der Waals surface area contributed by atoms with Gasteiger partial charge in [0.15, 0.2) is 0 Å². The molecule has 7 heteroatoms. The van der Waals surface area contributed by atoms with Crippen LogP contribution in [0, 0.1) is 10.1 Å². The van der Waals surface area contributed by atoms with Crippen molar-refractivity contribution >= 4 is 49.1 Å². The van der Waals surface area contributed by atoms with Gasteiger partial charge in [0.1, 0.15) is 0 Å². The molecule has 0 saturated carbocycles. The van der Waals surface area contributed by atoms with E-state index in [1.54, 1.807) is 24.3 Å². The van der Waals surface area contributed by atoms with E-state index in [2.05, 4.69) is 37.2 Å². The molecule has 0 spiro atoms. The highest BCUT2D eigenvalue weighted by molar-refractivity contribution is 9.10. The fraction of sp³-hybridized carbons (Fsp3) is 0. The minimum absolute atomic E-state index is 0.0494. The summed E-state index contributed by atoms with van der Waals surface area (Å²) >= 11 is 6.39. The third-order valence-corrected chi connectivity index (χ3v) is 3.67. The third-order valence-electron chi connectivity index (χ3n) is 2.51. The zero-order valence-corrected chi connectivity index (χ0v) is 13.1. The van der Waals surface area contributed by atoms with E-state index in [9.17, 15) is 14.9 Å². The molecule has 0 radical (unpaired) electrons. The zero-order chi connectivity index (χ0) is 14.7. The minimum Gasteiger partial charge on any atom is -0.322 e. The standard InChI is InChI=1S/C13H8Br2N2O3/c14-9-3-1-8(2-4-9)13(18)16-10-5-6-12(17(19)20)11(15)7-10/h1-7H,(H,16,18). The molecular weight excluding hydrogens is 392 g/mol. The number of hydrogen-bond acceptors (Lipinski definition) is 3. The fourth-order valence-electron chi connectivity index (χ4n) is 1.54. The van der Waals surface area contributed by atoms with Crippen LogP contribution in [0.1, 0.15) is 10.4 Å². The molecule has 0 saturated heterocycles. The van der Waals surface area contributed by atoms with Gasteiger partial charge in [-0.15, -0.1) is 0 Å². The van der Waals surface area contributed by atoms with Crippen LogP contribution in [0.3, 0.4) is 0 Å². The number of carbonyl (C=O) groups is 1. The summed E-state index contributed by atoms with van der Waals surface area (Å²) in [6.07, 6.45) is 0.